The normalized spacial score (nSPS) is 13.1. The second-order valence-electron chi connectivity index (χ2n) is 3.99. The molecule has 1 rings (SSSR count). The van der Waals surface area contributed by atoms with Gasteiger partial charge in [0.1, 0.15) is 0 Å². The molecule has 1 N–H and O–H groups in total. The van der Waals surface area contributed by atoms with E-state index in [1.165, 1.54) is 0 Å². The van der Waals surface area contributed by atoms with Crippen molar-refractivity contribution in [1.29, 1.82) is 0 Å². The molecule has 1 atom stereocenters. The summed E-state index contributed by atoms with van der Waals surface area (Å²) in [6.45, 7) is 4.41. The Kier molecular flexibility index (Phi) is 5.60. The summed E-state index contributed by atoms with van der Waals surface area (Å²) in [5, 5.41) is 4.65. The lowest BCUT2D eigenvalue weighted by Crippen LogP contribution is -2.24. The summed E-state index contributed by atoms with van der Waals surface area (Å²) in [6, 6.07) is 6.11. The summed E-state index contributed by atoms with van der Waals surface area (Å²) in [5.74, 6) is 0.584. The fourth-order valence-corrected chi connectivity index (χ4v) is 2.59. The van der Waals surface area contributed by atoms with Crippen molar-refractivity contribution >= 4 is 23.2 Å². The third-order valence-corrected chi connectivity index (χ3v) is 3.98. The molecule has 0 aliphatic carbocycles. The van der Waals surface area contributed by atoms with Gasteiger partial charge in [0, 0.05) is 6.04 Å². The van der Waals surface area contributed by atoms with Crippen LogP contribution in [0.25, 0.3) is 0 Å². The molecule has 0 saturated heterocycles. The minimum atomic E-state index is 0.279. The zero-order valence-corrected chi connectivity index (χ0v) is 11.6. The third kappa shape index (κ3) is 2.91. The Morgan fingerprint density at radius 2 is 1.81 bits per heavy atom. The van der Waals surface area contributed by atoms with Crippen LogP contribution in [0.5, 0.6) is 0 Å². The molecule has 0 bridgehead atoms. The van der Waals surface area contributed by atoms with Crippen LogP contribution in [0.1, 0.15) is 38.3 Å². The van der Waals surface area contributed by atoms with Crippen molar-refractivity contribution < 1.29 is 0 Å². The van der Waals surface area contributed by atoms with Crippen molar-refractivity contribution in [2.45, 2.75) is 32.7 Å². The Morgan fingerprint density at radius 3 is 2.31 bits per heavy atom. The monoisotopic (exact) mass is 259 g/mol. The van der Waals surface area contributed by atoms with Gasteiger partial charge in [0.25, 0.3) is 0 Å². The van der Waals surface area contributed by atoms with E-state index >= 15 is 0 Å². The summed E-state index contributed by atoms with van der Waals surface area (Å²) < 4.78 is 0. The van der Waals surface area contributed by atoms with Crippen LogP contribution in [0.3, 0.4) is 0 Å². The first-order valence-electron chi connectivity index (χ1n) is 5.76. The number of halogens is 2. The molecule has 0 radical (unpaired) electrons. The predicted octanol–water partition coefficient (Wildman–Crippen LogP) is 4.69. The van der Waals surface area contributed by atoms with Crippen molar-refractivity contribution in [2.24, 2.45) is 5.92 Å². The highest BCUT2D eigenvalue weighted by Crippen LogP contribution is 2.35. The van der Waals surface area contributed by atoms with Crippen LogP contribution in [0.15, 0.2) is 18.2 Å². The highest BCUT2D eigenvalue weighted by molar-refractivity contribution is 6.42. The van der Waals surface area contributed by atoms with Gasteiger partial charge in [-0.2, -0.15) is 0 Å². The van der Waals surface area contributed by atoms with Crippen molar-refractivity contribution in [3.05, 3.63) is 33.8 Å². The summed E-state index contributed by atoms with van der Waals surface area (Å²) in [6.07, 6.45) is 2.26. The molecule has 1 aromatic carbocycles. The fraction of sp³-hybridized carbons (Fsp3) is 0.538. The molecular weight excluding hydrogens is 241 g/mol. The van der Waals surface area contributed by atoms with Gasteiger partial charge in [-0.25, -0.2) is 0 Å². The molecule has 0 spiro atoms. The predicted molar refractivity (Wildman–Crippen MR) is 72.3 cm³/mol. The summed E-state index contributed by atoms with van der Waals surface area (Å²) in [5.41, 5.74) is 1.10. The van der Waals surface area contributed by atoms with Gasteiger partial charge in [-0.1, -0.05) is 62.0 Å². The van der Waals surface area contributed by atoms with Crippen molar-refractivity contribution in [1.82, 2.24) is 5.32 Å². The molecule has 1 unspecified atom stereocenters. The van der Waals surface area contributed by atoms with Crippen LogP contribution in [0.2, 0.25) is 10.0 Å². The van der Waals surface area contributed by atoms with Crippen molar-refractivity contribution in [3.63, 3.8) is 0 Å². The first-order chi connectivity index (χ1) is 7.65. The topological polar surface area (TPSA) is 12.0 Å². The van der Waals surface area contributed by atoms with Crippen molar-refractivity contribution in [3.8, 4) is 0 Å². The molecule has 16 heavy (non-hydrogen) atoms. The molecule has 0 aromatic heterocycles. The van der Waals surface area contributed by atoms with Crippen molar-refractivity contribution in [2.75, 3.05) is 7.05 Å². The zero-order chi connectivity index (χ0) is 12.1. The van der Waals surface area contributed by atoms with E-state index in [0.29, 0.717) is 16.0 Å². The second-order valence-corrected chi connectivity index (χ2v) is 4.77. The maximum atomic E-state index is 6.25. The van der Waals surface area contributed by atoms with Crippen LogP contribution in [0, 0.1) is 5.92 Å². The summed E-state index contributed by atoms with van der Waals surface area (Å²) in [4.78, 5) is 0. The Hall–Kier alpha value is -0.240. The quantitative estimate of drug-likeness (QED) is 0.809. The minimum absolute atomic E-state index is 0.279. The van der Waals surface area contributed by atoms with E-state index in [1.807, 2.05) is 25.2 Å². The lowest BCUT2D eigenvalue weighted by Gasteiger charge is -2.26. The maximum absolute atomic E-state index is 6.25. The van der Waals surface area contributed by atoms with Gasteiger partial charge in [0.15, 0.2) is 0 Å². The van der Waals surface area contributed by atoms with E-state index < -0.39 is 0 Å². The Balaban J connectivity index is 3.07. The number of rotatable bonds is 5. The SMILES string of the molecule is CCC(CC)C(NC)c1cccc(Cl)c1Cl. The van der Waals surface area contributed by atoms with E-state index in [4.69, 9.17) is 23.2 Å². The Morgan fingerprint density at radius 1 is 1.19 bits per heavy atom. The van der Waals surface area contributed by atoms with Gasteiger partial charge in [0.05, 0.1) is 10.0 Å². The number of nitrogens with one attached hydrogen (secondary N) is 1. The van der Waals surface area contributed by atoms with Crippen LogP contribution in [0.4, 0.5) is 0 Å². The molecular formula is C13H19Cl2N. The standard InChI is InChI=1S/C13H19Cl2N/c1-4-9(5-2)13(16-3)10-7-6-8-11(14)12(10)15/h6-9,13,16H,4-5H2,1-3H3. The van der Waals surface area contributed by atoms with Gasteiger partial charge < -0.3 is 5.32 Å². The first-order valence-corrected chi connectivity index (χ1v) is 6.52. The van der Waals surface area contributed by atoms with Gasteiger partial charge in [-0.05, 0) is 24.6 Å². The first kappa shape index (κ1) is 13.8. The van der Waals surface area contributed by atoms with Gasteiger partial charge in [-0.15, -0.1) is 0 Å². The third-order valence-electron chi connectivity index (χ3n) is 3.15. The van der Waals surface area contributed by atoms with Crippen LogP contribution in [-0.4, -0.2) is 7.05 Å². The summed E-state index contributed by atoms with van der Waals surface area (Å²) >= 11 is 12.3. The molecule has 90 valence electrons. The molecule has 3 heteroatoms. The average Bonchev–Trinajstić information content (AvgIpc) is 2.30. The number of hydrogen-bond acceptors (Lipinski definition) is 1. The molecule has 0 amide bonds. The van der Waals surface area contributed by atoms with E-state index in [0.717, 1.165) is 18.4 Å². The number of benzene rings is 1. The van der Waals surface area contributed by atoms with E-state index in [1.54, 1.807) is 0 Å². The van der Waals surface area contributed by atoms with Gasteiger partial charge in [0.2, 0.25) is 0 Å². The Bertz CT molecular complexity index is 335. The molecule has 0 aliphatic rings. The lowest BCUT2D eigenvalue weighted by molar-refractivity contribution is 0.360. The minimum Gasteiger partial charge on any atom is -0.313 e. The molecule has 0 fully saturated rings. The lowest BCUT2D eigenvalue weighted by atomic mass is 9.89. The fourth-order valence-electron chi connectivity index (χ4n) is 2.17. The molecule has 1 nitrogen and oxygen atoms in total. The van der Waals surface area contributed by atoms with Crippen LogP contribution in [-0.2, 0) is 0 Å². The van der Waals surface area contributed by atoms with E-state index in [9.17, 15) is 0 Å². The highest BCUT2D eigenvalue weighted by Gasteiger charge is 2.21. The van der Waals surface area contributed by atoms with E-state index in [-0.39, 0.29) is 6.04 Å². The Labute approximate surface area is 108 Å². The molecule has 0 heterocycles. The molecule has 0 saturated carbocycles. The van der Waals surface area contributed by atoms with Crippen LogP contribution < -0.4 is 5.32 Å². The number of hydrogen-bond donors (Lipinski definition) is 1. The van der Waals surface area contributed by atoms with Gasteiger partial charge >= 0.3 is 0 Å². The second kappa shape index (κ2) is 6.48. The maximum Gasteiger partial charge on any atom is 0.0640 e. The zero-order valence-electron chi connectivity index (χ0n) is 10.1. The largest absolute Gasteiger partial charge is 0.313 e. The smallest absolute Gasteiger partial charge is 0.0640 e. The molecule has 1 aromatic rings. The average molecular weight is 260 g/mol. The molecule has 0 aliphatic heterocycles. The van der Waals surface area contributed by atoms with Crippen LogP contribution >= 0.6 is 23.2 Å². The van der Waals surface area contributed by atoms with Gasteiger partial charge in [-0.3, -0.25) is 0 Å². The highest BCUT2D eigenvalue weighted by atomic mass is 35.5. The van der Waals surface area contributed by atoms with E-state index in [2.05, 4.69) is 19.2 Å². The summed E-state index contributed by atoms with van der Waals surface area (Å²) in [7, 11) is 1.97.